The number of fused-ring (bicyclic) bond motifs is 2. The van der Waals surface area contributed by atoms with E-state index in [2.05, 4.69) is 25.4 Å². The number of aromatic amines is 2. The van der Waals surface area contributed by atoms with Crippen molar-refractivity contribution in [2.24, 2.45) is 7.05 Å². The van der Waals surface area contributed by atoms with Crippen LogP contribution < -0.4 is 10.7 Å². The minimum absolute atomic E-state index is 0.0260. The summed E-state index contributed by atoms with van der Waals surface area (Å²) >= 11 is 0. The number of nitrogens with one attached hydrogen (secondary N) is 3. The first-order chi connectivity index (χ1) is 11.1. The van der Waals surface area contributed by atoms with Gasteiger partial charge in [-0.15, -0.1) is 0 Å². The predicted molar refractivity (Wildman–Crippen MR) is 85.4 cm³/mol. The van der Waals surface area contributed by atoms with Gasteiger partial charge in [0.05, 0.1) is 29.1 Å². The number of benzene rings is 1. The third-order valence-electron chi connectivity index (χ3n) is 3.72. The molecule has 3 N–H and O–H groups in total. The lowest BCUT2D eigenvalue weighted by atomic mass is 10.2. The van der Waals surface area contributed by atoms with Crippen LogP contribution in [0.4, 0.5) is 5.69 Å². The Balaban J connectivity index is 1.76. The zero-order valence-electron chi connectivity index (χ0n) is 12.1. The highest BCUT2D eigenvalue weighted by Gasteiger charge is 2.16. The lowest BCUT2D eigenvalue weighted by Gasteiger charge is -2.06. The van der Waals surface area contributed by atoms with E-state index in [-0.39, 0.29) is 11.0 Å². The summed E-state index contributed by atoms with van der Waals surface area (Å²) < 4.78 is 1.54. The number of hydrogen-bond donors (Lipinski definition) is 3. The van der Waals surface area contributed by atoms with E-state index < -0.39 is 5.91 Å². The molecule has 0 unspecified atom stereocenters. The van der Waals surface area contributed by atoms with Gasteiger partial charge in [-0.25, -0.2) is 4.98 Å². The number of aromatic nitrogens is 5. The maximum absolute atomic E-state index is 12.5. The standard InChI is InChI=1S/C15H12N6O2/c1-21-14-8(6-19-21)13(22)9(5-16-14)15(23)20-11-4-2-3-10-12(11)18-7-17-10/h2-7H,1H3,(H,16,22)(H,17,18)(H,20,23). The number of H-pyrrole nitrogens is 2. The van der Waals surface area contributed by atoms with Crippen molar-refractivity contribution in [1.82, 2.24) is 24.7 Å². The maximum atomic E-state index is 12.5. The van der Waals surface area contributed by atoms with Crippen LogP contribution in [0.5, 0.6) is 0 Å². The Hall–Kier alpha value is -3.42. The number of carbonyl (C=O) groups is 1. The van der Waals surface area contributed by atoms with Gasteiger partial charge in [-0.2, -0.15) is 5.10 Å². The molecule has 4 aromatic rings. The van der Waals surface area contributed by atoms with Gasteiger partial charge in [0.1, 0.15) is 16.7 Å². The SMILES string of the molecule is Cn1ncc2c(=O)c(C(=O)Nc3cccc4[nH]cnc34)c[nH]c21. The minimum Gasteiger partial charge on any atom is -0.345 e. The summed E-state index contributed by atoms with van der Waals surface area (Å²) in [7, 11) is 1.72. The smallest absolute Gasteiger partial charge is 0.261 e. The molecule has 1 amide bonds. The topological polar surface area (TPSA) is 108 Å². The van der Waals surface area contributed by atoms with E-state index in [4.69, 9.17) is 0 Å². The normalized spacial score (nSPS) is 11.2. The fourth-order valence-corrected chi connectivity index (χ4v) is 2.55. The minimum atomic E-state index is -0.493. The van der Waals surface area contributed by atoms with Crippen molar-refractivity contribution in [3.8, 4) is 0 Å². The third-order valence-corrected chi connectivity index (χ3v) is 3.72. The summed E-state index contributed by atoms with van der Waals surface area (Å²) in [5.41, 5.74) is 2.22. The summed E-state index contributed by atoms with van der Waals surface area (Å²) in [6.07, 6.45) is 4.39. The number of hydrogen-bond acceptors (Lipinski definition) is 4. The number of nitrogens with zero attached hydrogens (tertiary/aromatic N) is 3. The molecule has 0 radical (unpaired) electrons. The van der Waals surface area contributed by atoms with Crippen LogP contribution in [-0.2, 0) is 7.05 Å². The first-order valence-electron chi connectivity index (χ1n) is 6.92. The molecule has 0 aliphatic rings. The Morgan fingerprint density at radius 1 is 1.30 bits per heavy atom. The lowest BCUT2D eigenvalue weighted by molar-refractivity contribution is 0.102. The van der Waals surface area contributed by atoms with Crippen molar-refractivity contribution in [3.05, 3.63) is 52.7 Å². The summed E-state index contributed by atoms with van der Waals surface area (Å²) in [6, 6.07) is 5.38. The molecule has 8 heteroatoms. The molecule has 4 rings (SSSR count). The molecule has 1 aromatic carbocycles. The van der Waals surface area contributed by atoms with Crippen LogP contribution in [0.3, 0.4) is 0 Å². The first-order valence-corrected chi connectivity index (χ1v) is 6.92. The van der Waals surface area contributed by atoms with Gasteiger partial charge in [0.25, 0.3) is 5.91 Å². The van der Waals surface area contributed by atoms with Crippen molar-refractivity contribution < 1.29 is 4.79 Å². The van der Waals surface area contributed by atoms with Crippen LogP contribution in [0.25, 0.3) is 22.1 Å². The van der Waals surface area contributed by atoms with Gasteiger partial charge >= 0.3 is 0 Å². The Morgan fingerprint density at radius 3 is 3.04 bits per heavy atom. The number of imidazole rings is 1. The van der Waals surface area contributed by atoms with Gasteiger partial charge in [0, 0.05) is 13.2 Å². The van der Waals surface area contributed by atoms with Crippen LogP contribution >= 0.6 is 0 Å². The van der Waals surface area contributed by atoms with Gasteiger partial charge in [0.15, 0.2) is 0 Å². The van der Waals surface area contributed by atoms with Crippen molar-refractivity contribution in [1.29, 1.82) is 0 Å². The zero-order valence-corrected chi connectivity index (χ0v) is 12.1. The maximum Gasteiger partial charge on any atom is 0.261 e. The molecule has 0 aliphatic heterocycles. The Labute approximate surface area is 129 Å². The predicted octanol–water partition coefficient (Wildman–Crippen LogP) is 1.39. The average Bonchev–Trinajstić information content (AvgIpc) is 3.16. The van der Waals surface area contributed by atoms with E-state index in [1.54, 1.807) is 30.2 Å². The largest absolute Gasteiger partial charge is 0.345 e. The van der Waals surface area contributed by atoms with Crippen molar-refractivity contribution in [3.63, 3.8) is 0 Å². The number of aryl methyl sites for hydroxylation is 1. The van der Waals surface area contributed by atoms with Gasteiger partial charge in [-0.05, 0) is 12.1 Å². The average molecular weight is 308 g/mol. The fourth-order valence-electron chi connectivity index (χ4n) is 2.55. The number of anilines is 1. The Morgan fingerprint density at radius 2 is 2.17 bits per heavy atom. The van der Waals surface area contributed by atoms with E-state index in [0.717, 1.165) is 5.52 Å². The summed E-state index contributed by atoms with van der Waals surface area (Å²) in [5, 5.41) is 7.12. The highest BCUT2D eigenvalue weighted by molar-refractivity contribution is 6.08. The number of carbonyl (C=O) groups excluding carboxylic acids is 1. The van der Waals surface area contributed by atoms with E-state index in [1.165, 1.54) is 12.4 Å². The highest BCUT2D eigenvalue weighted by atomic mass is 16.2. The molecule has 0 saturated heterocycles. The molecule has 114 valence electrons. The quantitative estimate of drug-likeness (QED) is 0.520. The third kappa shape index (κ3) is 2.00. The molecule has 0 aliphatic carbocycles. The Kier molecular flexibility index (Phi) is 2.77. The van der Waals surface area contributed by atoms with Gasteiger partial charge < -0.3 is 15.3 Å². The molecular weight excluding hydrogens is 296 g/mol. The number of pyridine rings is 1. The molecule has 0 saturated carbocycles. The van der Waals surface area contributed by atoms with Crippen LogP contribution in [0.15, 0.2) is 41.7 Å². The second kappa shape index (κ2) is 4.80. The summed E-state index contributed by atoms with van der Waals surface area (Å²) in [6.45, 7) is 0. The first kappa shape index (κ1) is 13.3. The van der Waals surface area contributed by atoms with E-state index >= 15 is 0 Å². The van der Waals surface area contributed by atoms with E-state index in [9.17, 15) is 9.59 Å². The van der Waals surface area contributed by atoms with Crippen LogP contribution in [0.1, 0.15) is 10.4 Å². The van der Waals surface area contributed by atoms with Gasteiger partial charge in [0.2, 0.25) is 5.43 Å². The monoisotopic (exact) mass is 308 g/mol. The molecule has 0 spiro atoms. The van der Waals surface area contributed by atoms with Crippen molar-refractivity contribution >= 4 is 33.7 Å². The van der Waals surface area contributed by atoms with Crippen LogP contribution in [0, 0.1) is 0 Å². The lowest BCUT2D eigenvalue weighted by Crippen LogP contribution is -2.22. The highest BCUT2D eigenvalue weighted by Crippen LogP contribution is 2.20. The second-order valence-corrected chi connectivity index (χ2v) is 5.12. The van der Waals surface area contributed by atoms with E-state index in [1.807, 2.05) is 6.07 Å². The van der Waals surface area contributed by atoms with Crippen molar-refractivity contribution in [2.75, 3.05) is 5.32 Å². The molecule has 3 heterocycles. The molecule has 23 heavy (non-hydrogen) atoms. The molecule has 0 atom stereocenters. The second-order valence-electron chi connectivity index (χ2n) is 5.12. The molecule has 3 aromatic heterocycles. The van der Waals surface area contributed by atoms with Crippen molar-refractivity contribution in [2.45, 2.75) is 0 Å². The summed E-state index contributed by atoms with van der Waals surface area (Å²) in [4.78, 5) is 35.0. The summed E-state index contributed by atoms with van der Waals surface area (Å²) in [5.74, 6) is -0.493. The molecular formula is C15H12N6O2. The molecule has 0 fully saturated rings. The number of amides is 1. The van der Waals surface area contributed by atoms with Crippen LogP contribution in [0.2, 0.25) is 0 Å². The molecule has 8 nitrogen and oxygen atoms in total. The number of para-hydroxylation sites is 1. The van der Waals surface area contributed by atoms with Gasteiger partial charge in [-0.1, -0.05) is 6.07 Å². The fraction of sp³-hybridized carbons (Fsp3) is 0.0667. The van der Waals surface area contributed by atoms with Crippen LogP contribution in [-0.4, -0.2) is 30.6 Å². The Bertz CT molecular complexity index is 1100. The van der Waals surface area contributed by atoms with E-state index in [0.29, 0.717) is 22.2 Å². The van der Waals surface area contributed by atoms with Gasteiger partial charge in [-0.3, -0.25) is 14.3 Å². The molecule has 0 bridgehead atoms. The zero-order chi connectivity index (χ0) is 16.0. The number of rotatable bonds is 2.